The average molecular weight is 434 g/mol. The highest BCUT2D eigenvalue weighted by atomic mass is 32.1. The lowest BCUT2D eigenvalue weighted by molar-refractivity contribution is -0.121. The smallest absolute Gasteiger partial charge is 0.254 e. The van der Waals surface area contributed by atoms with Gasteiger partial charge in [-0.3, -0.25) is 9.59 Å². The number of carbonyl (C=O) groups excluding carboxylic acids is 2. The number of aryl methyl sites for hydroxylation is 2. The van der Waals surface area contributed by atoms with E-state index in [1.807, 2.05) is 42.3 Å². The Morgan fingerprint density at radius 1 is 1.06 bits per heavy atom. The van der Waals surface area contributed by atoms with Crippen LogP contribution in [0.15, 0.2) is 54.7 Å². The summed E-state index contributed by atoms with van der Waals surface area (Å²) in [6.07, 6.45) is 3.99. The first kappa shape index (κ1) is 21.2. The van der Waals surface area contributed by atoms with Gasteiger partial charge in [-0.25, -0.2) is 4.98 Å². The van der Waals surface area contributed by atoms with Gasteiger partial charge < -0.3 is 10.2 Å². The monoisotopic (exact) mass is 433 g/mol. The quantitative estimate of drug-likeness (QED) is 0.626. The maximum absolute atomic E-state index is 12.8. The van der Waals surface area contributed by atoms with Gasteiger partial charge in [-0.2, -0.15) is 0 Å². The van der Waals surface area contributed by atoms with Crippen LogP contribution in [0.4, 0.5) is 5.13 Å². The minimum atomic E-state index is -0.0923. The van der Waals surface area contributed by atoms with E-state index in [2.05, 4.69) is 41.5 Å². The molecule has 1 N–H and O–H groups in total. The van der Waals surface area contributed by atoms with Gasteiger partial charge in [-0.1, -0.05) is 48.0 Å². The molecule has 1 saturated heterocycles. The Kier molecular flexibility index (Phi) is 6.47. The predicted octanol–water partition coefficient (Wildman–Crippen LogP) is 4.84. The zero-order chi connectivity index (χ0) is 21.8. The molecule has 2 aromatic carbocycles. The Balaban J connectivity index is 1.29. The summed E-state index contributed by atoms with van der Waals surface area (Å²) in [6.45, 7) is 5.23. The fourth-order valence-corrected chi connectivity index (χ4v) is 4.74. The second-order valence-electron chi connectivity index (χ2n) is 8.16. The molecule has 1 aliphatic rings. The lowest BCUT2D eigenvalue weighted by atomic mass is 9.95. The highest BCUT2D eigenvalue weighted by Crippen LogP contribution is 2.25. The van der Waals surface area contributed by atoms with Gasteiger partial charge in [0, 0.05) is 42.1 Å². The number of thiazole rings is 1. The fourth-order valence-electron chi connectivity index (χ4n) is 3.89. The van der Waals surface area contributed by atoms with E-state index in [1.165, 1.54) is 22.5 Å². The summed E-state index contributed by atoms with van der Waals surface area (Å²) in [6, 6.07) is 16.1. The van der Waals surface area contributed by atoms with Crippen molar-refractivity contribution in [2.24, 2.45) is 5.92 Å². The number of nitrogens with one attached hydrogen (secondary N) is 1. The molecule has 160 valence electrons. The third-order valence-corrected chi connectivity index (χ3v) is 6.72. The summed E-state index contributed by atoms with van der Waals surface area (Å²) < 4.78 is 0. The van der Waals surface area contributed by atoms with Crippen LogP contribution in [-0.2, 0) is 11.2 Å². The first-order valence-corrected chi connectivity index (χ1v) is 11.5. The Morgan fingerprint density at radius 2 is 1.77 bits per heavy atom. The van der Waals surface area contributed by atoms with E-state index in [1.54, 1.807) is 0 Å². The van der Waals surface area contributed by atoms with E-state index in [-0.39, 0.29) is 17.7 Å². The van der Waals surface area contributed by atoms with E-state index >= 15 is 0 Å². The second-order valence-corrected chi connectivity index (χ2v) is 9.28. The van der Waals surface area contributed by atoms with Gasteiger partial charge in [0.15, 0.2) is 5.13 Å². The molecule has 0 bridgehead atoms. The van der Waals surface area contributed by atoms with Gasteiger partial charge in [0.2, 0.25) is 5.91 Å². The van der Waals surface area contributed by atoms with Crippen LogP contribution in [0.2, 0.25) is 0 Å². The van der Waals surface area contributed by atoms with Crippen LogP contribution < -0.4 is 5.32 Å². The lowest BCUT2D eigenvalue weighted by Gasteiger charge is -2.31. The molecule has 2 heterocycles. The van der Waals surface area contributed by atoms with Gasteiger partial charge in [0.1, 0.15) is 0 Å². The van der Waals surface area contributed by atoms with Crippen LogP contribution >= 0.6 is 11.3 Å². The number of anilines is 1. The molecule has 0 aliphatic carbocycles. The first-order chi connectivity index (χ1) is 15.0. The molecule has 3 aromatic rings. The van der Waals surface area contributed by atoms with Crippen LogP contribution in [0, 0.1) is 19.8 Å². The molecule has 1 aromatic heterocycles. The lowest BCUT2D eigenvalue weighted by Crippen LogP contribution is -2.41. The van der Waals surface area contributed by atoms with Crippen molar-refractivity contribution in [3.05, 3.63) is 81.9 Å². The third kappa shape index (κ3) is 5.20. The Hall–Kier alpha value is -2.99. The van der Waals surface area contributed by atoms with Crippen LogP contribution in [0.25, 0.3) is 0 Å². The minimum Gasteiger partial charge on any atom is -0.339 e. The molecule has 0 unspecified atom stereocenters. The Morgan fingerprint density at radius 3 is 2.48 bits per heavy atom. The molecule has 0 saturated carbocycles. The topological polar surface area (TPSA) is 62.3 Å². The molecule has 0 atom stereocenters. The number of carbonyl (C=O) groups is 2. The molecule has 1 aliphatic heterocycles. The maximum Gasteiger partial charge on any atom is 0.254 e. The Labute approximate surface area is 187 Å². The zero-order valence-electron chi connectivity index (χ0n) is 17.9. The van der Waals surface area contributed by atoms with Crippen molar-refractivity contribution >= 4 is 28.3 Å². The minimum absolute atomic E-state index is 0.000716. The molecular weight excluding hydrogens is 406 g/mol. The number of likely N-dealkylation sites (tertiary alicyclic amines) is 1. The number of benzene rings is 2. The number of hydrogen-bond donors (Lipinski definition) is 1. The van der Waals surface area contributed by atoms with E-state index in [0.717, 1.165) is 22.4 Å². The van der Waals surface area contributed by atoms with Crippen molar-refractivity contribution < 1.29 is 9.59 Å². The predicted molar refractivity (Wildman–Crippen MR) is 125 cm³/mol. The van der Waals surface area contributed by atoms with E-state index in [0.29, 0.717) is 31.1 Å². The number of nitrogens with zero attached hydrogens (tertiary/aromatic N) is 2. The molecule has 5 nitrogen and oxygen atoms in total. The summed E-state index contributed by atoms with van der Waals surface area (Å²) >= 11 is 1.52. The summed E-state index contributed by atoms with van der Waals surface area (Å²) in [5, 5.41) is 3.62. The molecule has 31 heavy (non-hydrogen) atoms. The van der Waals surface area contributed by atoms with Crippen molar-refractivity contribution in [3.63, 3.8) is 0 Å². The SMILES string of the molecule is Cc1ccc(Cc2cnc(NC(=O)C3CCN(C(=O)c4ccccc4C)CC3)s2)cc1. The standard InChI is InChI=1S/C25H27N3O2S/c1-17-7-9-19(10-8-17)15-21-16-26-25(31-21)27-23(29)20-11-13-28(14-12-20)24(30)22-6-4-3-5-18(22)2/h3-10,16,20H,11-15H2,1-2H3,(H,26,27,29). The second kappa shape index (κ2) is 9.43. The van der Waals surface area contributed by atoms with Crippen molar-refractivity contribution in [2.45, 2.75) is 33.1 Å². The normalized spacial score (nSPS) is 14.5. The number of rotatable bonds is 5. The van der Waals surface area contributed by atoms with Crippen LogP contribution in [0.3, 0.4) is 0 Å². The molecule has 0 radical (unpaired) electrons. The van der Waals surface area contributed by atoms with Gasteiger partial charge in [-0.05, 0) is 43.9 Å². The first-order valence-electron chi connectivity index (χ1n) is 10.7. The van der Waals surface area contributed by atoms with Crippen LogP contribution in [0.5, 0.6) is 0 Å². The average Bonchev–Trinajstić information content (AvgIpc) is 3.22. The zero-order valence-corrected chi connectivity index (χ0v) is 18.7. The van der Waals surface area contributed by atoms with E-state index < -0.39 is 0 Å². The highest BCUT2D eigenvalue weighted by molar-refractivity contribution is 7.15. The summed E-state index contributed by atoms with van der Waals surface area (Å²) in [4.78, 5) is 32.9. The summed E-state index contributed by atoms with van der Waals surface area (Å²) in [5.74, 6) is -0.0396. The highest BCUT2D eigenvalue weighted by Gasteiger charge is 2.28. The number of amides is 2. The summed E-state index contributed by atoms with van der Waals surface area (Å²) in [5.41, 5.74) is 4.21. The van der Waals surface area contributed by atoms with Gasteiger partial charge in [-0.15, -0.1) is 11.3 Å². The van der Waals surface area contributed by atoms with Crippen LogP contribution in [-0.4, -0.2) is 34.8 Å². The van der Waals surface area contributed by atoms with Crippen LogP contribution in [0.1, 0.15) is 44.8 Å². The number of hydrogen-bond acceptors (Lipinski definition) is 4. The van der Waals surface area contributed by atoms with Crippen molar-refractivity contribution in [3.8, 4) is 0 Å². The van der Waals surface area contributed by atoms with E-state index in [9.17, 15) is 9.59 Å². The molecule has 4 rings (SSSR count). The largest absolute Gasteiger partial charge is 0.339 e. The van der Waals surface area contributed by atoms with Crippen molar-refractivity contribution in [2.75, 3.05) is 18.4 Å². The fraction of sp³-hybridized carbons (Fsp3) is 0.320. The molecule has 6 heteroatoms. The molecule has 0 spiro atoms. The molecule has 1 fully saturated rings. The maximum atomic E-state index is 12.8. The number of piperidine rings is 1. The summed E-state index contributed by atoms with van der Waals surface area (Å²) in [7, 11) is 0. The molecular formula is C25H27N3O2S. The Bertz CT molecular complexity index is 1070. The van der Waals surface area contributed by atoms with Gasteiger partial charge >= 0.3 is 0 Å². The van der Waals surface area contributed by atoms with Gasteiger partial charge in [0.25, 0.3) is 5.91 Å². The van der Waals surface area contributed by atoms with Crippen molar-refractivity contribution in [1.29, 1.82) is 0 Å². The van der Waals surface area contributed by atoms with Crippen molar-refractivity contribution in [1.82, 2.24) is 9.88 Å². The van der Waals surface area contributed by atoms with Gasteiger partial charge in [0.05, 0.1) is 0 Å². The van der Waals surface area contributed by atoms with E-state index in [4.69, 9.17) is 0 Å². The number of aromatic nitrogens is 1. The third-order valence-electron chi connectivity index (χ3n) is 5.81. The molecule has 2 amide bonds.